The summed E-state index contributed by atoms with van der Waals surface area (Å²) in [6.45, 7) is 13.4. The zero-order valence-corrected chi connectivity index (χ0v) is 11.5. The van der Waals surface area contributed by atoms with Crippen LogP contribution in [0, 0.1) is 19.8 Å². The third-order valence-corrected chi connectivity index (χ3v) is 3.58. The third kappa shape index (κ3) is 3.32. The second-order valence-corrected chi connectivity index (χ2v) is 6.37. The smallest absolute Gasteiger partial charge is 0.0356 e. The van der Waals surface area contributed by atoms with Crippen molar-refractivity contribution in [1.82, 2.24) is 5.32 Å². The van der Waals surface area contributed by atoms with Gasteiger partial charge >= 0.3 is 0 Å². The van der Waals surface area contributed by atoms with E-state index in [1.807, 2.05) is 11.3 Å². The van der Waals surface area contributed by atoms with Crippen LogP contribution in [0.25, 0.3) is 0 Å². The molecule has 0 radical (unpaired) electrons. The van der Waals surface area contributed by atoms with Crippen molar-refractivity contribution in [2.45, 2.75) is 53.6 Å². The van der Waals surface area contributed by atoms with Gasteiger partial charge in [-0.3, -0.25) is 0 Å². The number of hydrogen-bond acceptors (Lipinski definition) is 2. The molecule has 86 valence electrons. The fraction of sp³-hybridized carbons (Fsp3) is 0.692. The predicted octanol–water partition coefficient (Wildman–Crippen LogP) is 4.06. The largest absolute Gasteiger partial charge is 0.307 e. The number of hydrogen-bond donors (Lipinski definition) is 1. The van der Waals surface area contributed by atoms with E-state index in [-0.39, 0.29) is 0 Å². The summed E-state index contributed by atoms with van der Waals surface area (Å²) >= 11 is 1.90. The Labute approximate surface area is 97.9 Å². The highest BCUT2D eigenvalue weighted by Gasteiger charge is 2.19. The third-order valence-electron chi connectivity index (χ3n) is 2.59. The van der Waals surface area contributed by atoms with E-state index in [4.69, 9.17) is 0 Å². The fourth-order valence-corrected chi connectivity index (χ4v) is 2.93. The van der Waals surface area contributed by atoms with Crippen molar-refractivity contribution in [2.24, 2.45) is 5.92 Å². The number of thiophene rings is 1. The summed E-state index contributed by atoms with van der Waals surface area (Å²) in [5, 5.41) is 3.66. The summed E-state index contributed by atoms with van der Waals surface area (Å²) in [7, 11) is 0. The molecule has 0 bridgehead atoms. The minimum absolute atomic E-state index is 0.495. The van der Waals surface area contributed by atoms with Crippen molar-refractivity contribution in [2.75, 3.05) is 0 Å². The number of aryl methyl sites for hydroxylation is 2. The van der Waals surface area contributed by atoms with E-state index in [1.165, 1.54) is 15.3 Å². The molecule has 1 aromatic heterocycles. The average Bonchev–Trinajstić information content (AvgIpc) is 2.40. The van der Waals surface area contributed by atoms with Crippen molar-refractivity contribution in [3.63, 3.8) is 0 Å². The van der Waals surface area contributed by atoms with E-state index in [2.05, 4.69) is 52.9 Å². The van der Waals surface area contributed by atoms with Crippen LogP contribution in [0.4, 0.5) is 0 Å². The van der Waals surface area contributed by atoms with Gasteiger partial charge in [-0.05, 0) is 31.4 Å². The van der Waals surface area contributed by atoms with Gasteiger partial charge in [0.15, 0.2) is 0 Å². The molecule has 1 unspecified atom stereocenters. The van der Waals surface area contributed by atoms with Crippen LogP contribution >= 0.6 is 11.3 Å². The Morgan fingerprint density at radius 2 is 1.73 bits per heavy atom. The molecular weight excluding hydrogens is 202 g/mol. The molecule has 0 saturated heterocycles. The van der Waals surface area contributed by atoms with Gasteiger partial charge in [-0.2, -0.15) is 0 Å². The Bertz CT molecular complexity index is 312. The lowest BCUT2D eigenvalue weighted by Crippen LogP contribution is -2.31. The maximum Gasteiger partial charge on any atom is 0.0356 e. The van der Waals surface area contributed by atoms with Crippen LogP contribution in [0.5, 0.6) is 0 Å². The monoisotopic (exact) mass is 225 g/mol. The Hall–Kier alpha value is -0.340. The summed E-state index contributed by atoms with van der Waals surface area (Å²) in [5.41, 5.74) is 1.49. The quantitative estimate of drug-likeness (QED) is 0.815. The summed E-state index contributed by atoms with van der Waals surface area (Å²) in [5.74, 6) is 0.639. The summed E-state index contributed by atoms with van der Waals surface area (Å²) < 4.78 is 0. The zero-order valence-electron chi connectivity index (χ0n) is 10.7. The molecule has 0 aliphatic rings. The Morgan fingerprint density at radius 3 is 2.07 bits per heavy atom. The minimum atomic E-state index is 0.495. The zero-order chi connectivity index (χ0) is 11.6. The van der Waals surface area contributed by atoms with E-state index in [9.17, 15) is 0 Å². The molecule has 0 fully saturated rings. The first-order valence-electron chi connectivity index (χ1n) is 5.74. The van der Waals surface area contributed by atoms with Gasteiger partial charge in [0.2, 0.25) is 0 Å². The average molecular weight is 225 g/mol. The molecule has 0 aliphatic carbocycles. The highest BCUT2D eigenvalue weighted by molar-refractivity contribution is 7.12. The summed E-state index contributed by atoms with van der Waals surface area (Å²) in [6, 6.07) is 3.37. The van der Waals surface area contributed by atoms with E-state index in [0.29, 0.717) is 18.0 Å². The second kappa shape index (κ2) is 5.13. The predicted molar refractivity (Wildman–Crippen MR) is 69.6 cm³/mol. The lowest BCUT2D eigenvalue weighted by Gasteiger charge is -2.25. The maximum atomic E-state index is 3.66. The van der Waals surface area contributed by atoms with Gasteiger partial charge in [0, 0.05) is 21.8 Å². The van der Waals surface area contributed by atoms with Gasteiger partial charge in [-0.1, -0.05) is 27.7 Å². The molecular formula is C13H23NS. The topological polar surface area (TPSA) is 12.0 Å². The molecule has 1 nitrogen and oxygen atoms in total. The molecule has 1 atom stereocenters. The van der Waals surface area contributed by atoms with Crippen LogP contribution in [0.1, 0.15) is 49.1 Å². The van der Waals surface area contributed by atoms with Gasteiger partial charge < -0.3 is 5.32 Å². The van der Waals surface area contributed by atoms with Gasteiger partial charge in [-0.25, -0.2) is 0 Å². The first-order valence-corrected chi connectivity index (χ1v) is 6.56. The molecule has 0 amide bonds. The van der Waals surface area contributed by atoms with Crippen molar-refractivity contribution < 1.29 is 0 Å². The number of rotatable bonds is 4. The van der Waals surface area contributed by atoms with Crippen LogP contribution in [0.15, 0.2) is 6.07 Å². The summed E-state index contributed by atoms with van der Waals surface area (Å²) in [4.78, 5) is 2.87. The minimum Gasteiger partial charge on any atom is -0.307 e. The van der Waals surface area contributed by atoms with Gasteiger partial charge in [-0.15, -0.1) is 11.3 Å². The van der Waals surface area contributed by atoms with Crippen molar-refractivity contribution in [3.05, 3.63) is 21.4 Å². The number of nitrogens with one attached hydrogen (secondary N) is 1. The molecule has 0 saturated carbocycles. The molecule has 0 aromatic carbocycles. The molecule has 0 aliphatic heterocycles. The van der Waals surface area contributed by atoms with Crippen LogP contribution < -0.4 is 5.32 Å². The van der Waals surface area contributed by atoms with Crippen molar-refractivity contribution >= 4 is 11.3 Å². The second-order valence-electron chi connectivity index (χ2n) is 4.91. The lowest BCUT2D eigenvalue weighted by atomic mass is 9.95. The normalized spacial score (nSPS) is 13.9. The molecule has 1 aromatic rings. The van der Waals surface area contributed by atoms with E-state index in [1.54, 1.807) is 0 Å². The standard InChI is InChI=1S/C13H23NS/c1-8(2)13(14-9(3)4)12-7-10(5)15-11(12)6/h7-9,13-14H,1-6H3. The van der Waals surface area contributed by atoms with Gasteiger partial charge in [0.05, 0.1) is 0 Å². The van der Waals surface area contributed by atoms with Crippen LogP contribution in [-0.4, -0.2) is 6.04 Å². The van der Waals surface area contributed by atoms with Crippen molar-refractivity contribution in [1.29, 1.82) is 0 Å². The molecule has 15 heavy (non-hydrogen) atoms. The first-order chi connectivity index (χ1) is 6.91. The Kier molecular flexibility index (Phi) is 4.35. The van der Waals surface area contributed by atoms with Crippen LogP contribution in [-0.2, 0) is 0 Å². The van der Waals surface area contributed by atoms with E-state index >= 15 is 0 Å². The molecule has 1 N–H and O–H groups in total. The molecule has 0 spiro atoms. The summed E-state index contributed by atoms with van der Waals surface area (Å²) in [6.07, 6.45) is 0. The van der Waals surface area contributed by atoms with Crippen LogP contribution in [0.2, 0.25) is 0 Å². The molecule has 1 rings (SSSR count). The lowest BCUT2D eigenvalue weighted by molar-refractivity contribution is 0.381. The Morgan fingerprint density at radius 1 is 1.13 bits per heavy atom. The fourth-order valence-electron chi connectivity index (χ4n) is 1.96. The van der Waals surface area contributed by atoms with Gasteiger partial charge in [0.1, 0.15) is 0 Å². The maximum absolute atomic E-state index is 3.66. The highest BCUT2D eigenvalue weighted by atomic mass is 32.1. The Balaban J connectivity index is 2.93. The molecule has 2 heteroatoms. The van der Waals surface area contributed by atoms with E-state index in [0.717, 1.165) is 0 Å². The van der Waals surface area contributed by atoms with Crippen LogP contribution in [0.3, 0.4) is 0 Å². The van der Waals surface area contributed by atoms with Gasteiger partial charge in [0.25, 0.3) is 0 Å². The SMILES string of the molecule is Cc1cc(C(NC(C)C)C(C)C)c(C)s1. The molecule has 1 heterocycles. The van der Waals surface area contributed by atoms with Crippen molar-refractivity contribution in [3.8, 4) is 0 Å². The first kappa shape index (κ1) is 12.7. The van der Waals surface area contributed by atoms with E-state index < -0.39 is 0 Å². The highest BCUT2D eigenvalue weighted by Crippen LogP contribution is 2.30.